The van der Waals surface area contributed by atoms with E-state index in [1.165, 1.54) is 30.3 Å². The molecule has 10 nitrogen and oxygen atoms in total. The van der Waals surface area contributed by atoms with Gasteiger partial charge in [-0.3, -0.25) is 9.59 Å². The molecule has 0 aromatic heterocycles. The third-order valence-corrected chi connectivity index (χ3v) is 5.27. The standard InChI is InChI=1S/C20H22O10/c21-7-11-14(24)18(28)19(29)20(30-11)13-15(25)12(16(26)17(13)27)10(23)6-3-8-1-4-9(22)5-2-8/h1-6,11,13-14,17-24,27-29H,7H2/b6-3+,12-10-/t11-,13?,14-,17?,18+,19-,20?/m1/s1. The van der Waals surface area contributed by atoms with Crippen LogP contribution in [0.3, 0.4) is 0 Å². The largest absolute Gasteiger partial charge is 0.508 e. The van der Waals surface area contributed by atoms with E-state index in [9.17, 15) is 45.3 Å². The maximum absolute atomic E-state index is 12.8. The second kappa shape index (κ2) is 8.64. The lowest BCUT2D eigenvalue weighted by atomic mass is 9.85. The molecule has 1 heterocycles. The van der Waals surface area contributed by atoms with Crippen LogP contribution in [0.1, 0.15) is 5.56 Å². The Labute approximate surface area is 170 Å². The average molecular weight is 422 g/mol. The van der Waals surface area contributed by atoms with Crippen LogP contribution in [0, 0.1) is 5.92 Å². The number of aromatic hydroxyl groups is 1. The van der Waals surface area contributed by atoms with Gasteiger partial charge in [-0.2, -0.15) is 0 Å². The predicted molar refractivity (Wildman–Crippen MR) is 100 cm³/mol. The molecule has 10 heteroatoms. The van der Waals surface area contributed by atoms with E-state index in [2.05, 4.69) is 0 Å². The fraction of sp³-hybridized carbons (Fsp3) is 0.400. The van der Waals surface area contributed by atoms with Crippen LogP contribution in [0.2, 0.25) is 0 Å². The van der Waals surface area contributed by atoms with Crippen LogP contribution in [-0.4, -0.2) is 90.5 Å². The molecule has 2 aliphatic rings. The third kappa shape index (κ3) is 3.88. The molecule has 0 radical (unpaired) electrons. The molecule has 3 unspecified atom stereocenters. The van der Waals surface area contributed by atoms with Crippen LogP contribution >= 0.6 is 0 Å². The minimum Gasteiger partial charge on any atom is -0.508 e. The summed E-state index contributed by atoms with van der Waals surface area (Å²) in [6.45, 7) is -0.740. The quantitative estimate of drug-likeness (QED) is 0.166. The number of allylic oxidation sites excluding steroid dienone is 1. The summed E-state index contributed by atoms with van der Waals surface area (Å²) in [5.74, 6) is -4.44. The minimum absolute atomic E-state index is 0.0290. The van der Waals surface area contributed by atoms with Crippen molar-refractivity contribution in [1.82, 2.24) is 0 Å². The number of carbonyl (C=O) groups excluding carboxylic acids is 2. The monoisotopic (exact) mass is 422 g/mol. The molecule has 2 fully saturated rings. The lowest BCUT2D eigenvalue weighted by molar-refractivity contribution is -0.243. The number of rotatable bonds is 4. The number of hydrogen-bond donors (Lipinski definition) is 7. The van der Waals surface area contributed by atoms with E-state index in [0.717, 1.165) is 6.08 Å². The number of ketones is 2. The van der Waals surface area contributed by atoms with Gasteiger partial charge < -0.3 is 40.5 Å². The second-order valence-electron chi connectivity index (χ2n) is 7.18. The molecule has 1 aliphatic heterocycles. The molecule has 0 bridgehead atoms. The van der Waals surface area contributed by atoms with Crippen molar-refractivity contribution in [2.24, 2.45) is 5.92 Å². The highest BCUT2D eigenvalue weighted by atomic mass is 16.5. The summed E-state index contributed by atoms with van der Waals surface area (Å²) in [4.78, 5) is 25.2. The van der Waals surface area contributed by atoms with Crippen molar-refractivity contribution in [1.29, 1.82) is 0 Å². The Kier molecular flexibility index (Phi) is 6.36. The van der Waals surface area contributed by atoms with E-state index in [-0.39, 0.29) is 5.75 Å². The van der Waals surface area contributed by atoms with Gasteiger partial charge in [-0.05, 0) is 23.8 Å². The summed E-state index contributed by atoms with van der Waals surface area (Å²) in [5, 5.41) is 69.0. The maximum atomic E-state index is 12.8. The molecular weight excluding hydrogens is 400 g/mol. The van der Waals surface area contributed by atoms with Gasteiger partial charge in [0.2, 0.25) is 0 Å². The number of phenolic OH excluding ortho intramolecular Hbond substituents is 1. The van der Waals surface area contributed by atoms with E-state index in [1.807, 2.05) is 0 Å². The molecule has 3 rings (SSSR count). The van der Waals surface area contributed by atoms with Gasteiger partial charge in [0.05, 0.1) is 18.6 Å². The molecule has 162 valence electrons. The first-order valence-corrected chi connectivity index (χ1v) is 9.14. The Balaban J connectivity index is 1.89. The second-order valence-corrected chi connectivity index (χ2v) is 7.18. The normalized spacial score (nSPS) is 36.5. The van der Waals surface area contributed by atoms with Gasteiger partial charge in [-0.1, -0.05) is 18.2 Å². The Morgan fingerprint density at radius 1 is 0.967 bits per heavy atom. The van der Waals surface area contributed by atoms with E-state index in [1.54, 1.807) is 0 Å². The summed E-state index contributed by atoms with van der Waals surface area (Å²) in [7, 11) is 0. The molecule has 0 amide bonds. The molecule has 0 spiro atoms. The molecule has 1 aromatic carbocycles. The molecule has 1 aliphatic carbocycles. The number of aliphatic hydroxyl groups is 6. The van der Waals surface area contributed by atoms with Crippen molar-refractivity contribution >= 4 is 17.6 Å². The van der Waals surface area contributed by atoms with E-state index < -0.39 is 72.0 Å². The lowest BCUT2D eigenvalue weighted by Crippen LogP contribution is -2.62. The van der Waals surface area contributed by atoms with Crippen molar-refractivity contribution < 1.29 is 50.1 Å². The molecule has 1 aromatic rings. The predicted octanol–water partition coefficient (Wildman–Crippen LogP) is -1.81. The number of benzene rings is 1. The Morgan fingerprint density at radius 3 is 2.20 bits per heavy atom. The molecule has 7 N–H and O–H groups in total. The number of phenols is 1. The fourth-order valence-corrected chi connectivity index (χ4v) is 3.59. The van der Waals surface area contributed by atoms with Crippen LogP contribution in [-0.2, 0) is 14.3 Å². The number of hydrogen-bond acceptors (Lipinski definition) is 10. The van der Waals surface area contributed by atoms with E-state index >= 15 is 0 Å². The summed E-state index contributed by atoms with van der Waals surface area (Å²) >= 11 is 0. The van der Waals surface area contributed by atoms with Crippen LogP contribution in [0.4, 0.5) is 0 Å². The number of Topliss-reactive ketones (excluding diaryl/α,β-unsaturated/α-hetero) is 2. The van der Waals surface area contributed by atoms with Gasteiger partial charge in [0.25, 0.3) is 0 Å². The fourth-order valence-electron chi connectivity index (χ4n) is 3.59. The first kappa shape index (κ1) is 22.1. The zero-order chi connectivity index (χ0) is 22.2. The van der Waals surface area contributed by atoms with E-state index in [0.29, 0.717) is 5.56 Å². The molecular formula is C20H22O10. The van der Waals surface area contributed by atoms with Crippen molar-refractivity contribution in [2.75, 3.05) is 6.61 Å². The Hall–Kier alpha value is -2.60. The van der Waals surface area contributed by atoms with Crippen LogP contribution < -0.4 is 0 Å². The van der Waals surface area contributed by atoms with Crippen molar-refractivity contribution in [3.8, 4) is 5.75 Å². The Bertz CT molecular complexity index is 872. The van der Waals surface area contributed by atoms with Crippen LogP contribution in [0.5, 0.6) is 5.75 Å². The molecule has 1 saturated carbocycles. The highest BCUT2D eigenvalue weighted by molar-refractivity contribution is 6.29. The average Bonchev–Trinajstić information content (AvgIpc) is 2.95. The highest BCUT2D eigenvalue weighted by Gasteiger charge is 2.56. The SMILES string of the molecule is O=C1/C(=C(O)/C=C/c2ccc(O)cc2)C(=O)C(C2O[C@H](CO)[C@@H](O)[C@H](O)[C@H]2O)C1O. The van der Waals surface area contributed by atoms with Gasteiger partial charge in [0, 0.05) is 0 Å². The zero-order valence-electron chi connectivity index (χ0n) is 15.6. The molecule has 7 atom stereocenters. The maximum Gasteiger partial charge on any atom is 0.199 e. The smallest absolute Gasteiger partial charge is 0.199 e. The van der Waals surface area contributed by atoms with Crippen LogP contribution in [0.25, 0.3) is 6.08 Å². The Morgan fingerprint density at radius 2 is 1.60 bits per heavy atom. The van der Waals surface area contributed by atoms with Gasteiger partial charge in [-0.15, -0.1) is 0 Å². The summed E-state index contributed by atoms with van der Waals surface area (Å²) < 4.78 is 5.28. The summed E-state index contributed by atoms with van der Waals surface area (Å²) in [6, 6.07) is 5.84. The lowest BCUT2D eigenvalue weighted by Gasteiger charge is -2.42. The first-order chi connectivity index (χ1) is 14.2. The van der Waals surface area contributed by atoms with Crippen molar-refractivity contribution in [2.45, 2.75) is 36.6 Å². The van der Waals surface area contributed by atoms with Gasteiger partial charge in [-0.25, -0.2) is 0 Å². The molecule has 1 saturated heterocycles. The molecule has 30 heavy (non-hydrogen) atoms. The first-order valence-electron chi connectivity index (χ1n) is 9.14. The summed E-state index contributed by atoms with van der Waals surface area (Å²) in [6.07, 6.45) is -7.71. The van der Waals surface area contributed by atoms with Crippen molar-refractivity contribution in [3.05, 3.63) is 47.2 Å². The highest BCUT2D eigenvalue weighted by Crippen LogP contribution is 2.35. The van der Waals surface area contributed by atoms with Gasteiger partial charge >= 0.3 is 0 Å². The number of carbonyl (C=O) groups is 2. The summed E-state index contributed by atoms with van der Waals surface area (Å²) in [5.41, 5.74) is -0.150. The minimum atomic E-state index is -1.96. The number of aliphatic hydroxyl groups excluding tert-OH is 6. The van der Waals surface area contributed by atoms with Gasteiger partial charge in [0.1, 0.15) is 47.6 Å². The topological polar surface area (TPSA) is 185 Å². The van der Waals surface area contributed by atoms with Crippen molar-refractivity contribution in [3.63, 3.8) is 0 Å². The third-order valence-electron chi connectivity index (χ3n) is 5.27. The zero-order valence-corrected chi connectivity index (χ0v) is 15.6. The van der Waals surface area contributed by atoms with Crippen LogP contribution in [0.15, 0.2) is 41.7 Å². The van der Waals surface area contributed by atoms with E-state index in [4.69, 9.17) is 4.74 Å². The van der Waals surface area contributed by atoms with Gasteiger partial charge in [0.15, 0.2) is 11.6 Å². The number of ether oxygens (including phenoxy) is 1.